The maximum atomic E-state index is 13.8. The summed E-state index contributed by atoms with van der Waals surface area (Å²) in [6.45, 7) is 9.16. The molecule has 12 nitrogen and oxygen atoms in total. The number of aromatic nitrogens is 1. The van der Waals surface area contributed by atoms with Gasteiger partial charge < -0.3 is 34.1 Å². The summed E-state index contributed by atoms with van der Waals surface area (Å²) in [5.74, 6) is -1.13. The van der Waals surface area contributed by atoms with Crippen LogP contribution in [0.4, 0.5) is 4.79 Å². The number of amides is 3. The lowest BCUT2D eigenvalue weighted by molar-refractivity contribution is -0.157. The predicted octanol–water partition coefficient (Wildman–Crippen LogP) is 4.74. The van der Waals surface area contributed by atoms with Gasteiger partial charge in [-0.3, -0.25) is 9.59 Å². The number of hydrogen-bond acceptors (Lipinski definition) is 9. The number of nitrogens with zero attached hydrogens (tertiary/aromatic N) is 3. The summed E-state index contributed by atoms with van der Waals surface area (Å²) < 4.78 is 22.4. The van der Waals surface area contributed by atoms with Gasteiger partial charge in [-0.25, -0.2) is 14.6 Å². The minimum atomic E-state index is -0.921. The van der Waals surface area contributed by atoms with Gasteiger partial charge in [0.25, 0.3) is 5.91 Å². The van der Waals surface area contributed by atoms with Crippen LogP contribution in [0.15, 0.2) is 60.7 Å². The van der Waals surface area contributed by atoms with Gasteiger partial charge in [0.2, 0.25) is 5.91 Å². The molecule has 1 N–H and O–H groups in total. The first-order chi connectivity index (χ1) is 23.0. The molecule has 3 aromatic rings. The molecule has 0 spiro atoms. The Kier molecular flexibility index (Phi) is 13.1. The Labute approximate surface area is 281 Å². The van der Waals surface area contributed by atoms with E-state index in [-0.39, 0.29) is 43.1 Å². The summed E-state index contributed by atoms with van der Waals surface area (Å²) in [7, 11) is 0. The van der Waals surface area contributed by atoms with Crippen LogP contribution in [-0.2, 0) is 30.4 Å². The summed E-state index contributed by atoms with van der Waals surface area (Å²) in [4.78, 5) is 60.0. The van der Waals surface area contributed by atoms with E-state index in [1.165, 1.54) is 6.07 Å². The van der Waals surface area contributed by atoms with E-state index in [0.717, 1.165) is 18.4 Å². The van der Waals surface area contributed by atoms with E-state index in [1.54, 1.807) is 54.8 Å². The van der Waals surface area contributed by atoms with E-state index < -0.39 is 23.5 Å². The maximum Gasteiger partial charge on any atom is 0.409 e. The van der Waals surface area contributed by atoms with Crippen molar-refractivity contribution in [2.24, 2.45) is 0 Å². The van der Waals surface area contributed by atoms with Gasteiger partial charge in [0.15, 0.2) is 6.61 Å². The van der Waals surface area contributed by atoms with Crippen LogP contribution in [0, 0.1) is 0 Å². The quantitative estimate of drug-likeness (QED) is 0.192. The lowest BCUT2D eigenvalue weighted by Gasteiger charge is -2.36. The van der Waals surface area contributed by atoms with Gasteiger partial charge in [0.05, 0.1) is 18.7 Å². The largest absolute Gasteiger partial charge is 0.481 e. The molecule has 48 heavy (non-hydrogen) atoms. The minimum Gasteiger partial charge on any atom is -0.481 e. The summed E-state index contributed by atoms with van der Waals surface area (Å²) in [6.07, 6.45) is 1.54. The van der Waals surface area contributed by atoms with E-state index in [9.17, 15) is 19.2 Å². The van der Waals surface area contributed by atoms with Crippen LogP contribution in [0.3, 0.4) is 0 Å². The van der Waals surface area contributed by atoms with Crippen LogP contribution in [0.1, 0.15) is 63.0 Å². The Morgan fingerprint density at radius 2 is 1.60 bits per heavy atom. The zero-order valence-corrected chi connectivity index (χ0v) is 28.2. The molecule has 0 saturated carbocycles. The number of esters is 1. The highest BCUT2D eigenvalue weighted by atomic mass is 16.6. The monoisotopic (exact) mass is 662 g/mol. The van der Waals surface area contributed by atoms with Gasteiger partial charge in [-0.1, -0.05) is 55.8 Å². The number of hydrogen-bond donors (Lipinski definition) is 1. The number of pyridine rings is 1. The molecule has 4 rings (SSSR count). The fourth-order valence-electron chi connectivity index (χ4n) is 5.07. The van der Waals surface area contributed by atoms with Crippen molar-refractivity contribution in [3.05, 3.63) is 71.9 Å². The summed E-state index contributed by atoms with van der Waals surface area (Å²) in [5, 5.41) is 3.48. The molecular formula is C36H46N4O8. The Balaban J connectivity index is 1.47. The standard InChI is InChI=1S/C36H46N4O8/c1-5-6-21-46-35(44)40-19-17-39(18-20-40)34(43)29(16-22-45-24-26-12-8-7-9-13-26)38-33(42)30-23-31(27-14-10-11-15-28(27)37-30)47-25-32(41)48-36(2,3)4/h7-15,23,29H,5-6,16-22,24-25H2,1-4H3,(H,38,42). The molecule has 2 aromatic carbocycles. The van der Waals surface area contributed by atoms with Crippen LogP contribution >= 0.6 is 0 Å². The lowest BCUT2D eigenvalue weighted by Crippen LogP contribution is -2.56. The van der Waals surface area contributed by atoms with Crippen LogP contribution in [0.2, 0.25) is 0 Å². The zero-order valence-electron chi connectivity index (χ0n) is 28.2. The van der Waals surface area contributed by atoms with Crippen molar-refractivity contribution in [1.29, 1.82) is 0 Å². The van der Waals surface area contributed by atoms with Crippen molar-refractivity contribution in [1.82, 2.24) is 20.1 Å². The third kappa shape index (κ3) is 10.9. The molecule has 1 unspecified atom stereocenters. The maximum absolute atomic E-state index is 13.8. The molecular weight excluding hydrogens is 616 g/mol. The molecule has 258 valence electrons. The van der Waals surface area contributed by atoms with Crippen molar-refractivity contribution in [2.45, 2.75) is 65.2 Å². The third-order valence-electron chi connectivity index (χ3n) is 7.52. The highest BCUT2D eigenvalue weighted by Gasteiger charge is 2.31. The summed E-state index contributed by atoms with van der Waals surface area (Å²) in [6, 6.07) is 17.3. The van der Waals surface area contributed by atoms with Crippen molar-refractivity contribution < 1.29 is 38.1 Å². The van der Waals surface area contributed by atoms with E-state index in [4.69, 9.17) is 18.9 Å². The normalized spacial score (nSPS) is 13.9. The van der Waals surface area contributed by atoms with Crippen molar-refractivity contribution in [3.63, 3.8) is 0 Å². The summed E-state index contributed by atoms with van der Waals surface area (Å²) in [5.41, 5.74) is 0.824. The molecule has 2 heterocycles. The molecule has 3 amide bonds. The number of piperazine rings is 1. The zero-order chi connectivity index (χ0) is 34.5. The van der Waals surface area contributed by atoms with Crippen LogP contribution < -0.4 is 10.1 Å². The number of rotatable bonds is 14. The second kappa shape index (κ2) is 17.4. The number of carbonyl (C=O) groups is 4. The Morgan fingerprint density at radius 1 is 0.917 bits per heavy atom. The molecule has 1 atom stereocenters. The lowest BCUT2D eigenvalue weighted by atomic mass is 10.1. The Hall–Kier alpha value is -4.71. The number of ether oxygens (including phenoxy) is 4. The molecule has 1 aliphatic rings. The first kappa shape index (κ1) is 36.1. The molecule has 0 bridgehead atoms. The van der Waals surface area contributed by atoms with Crippen LogP contribution in [0.25, 0.3) is 10.9 Å². The van der Waals surface area contributed by atoms with Crippen LogP contribution in [0.5, 0.6) is 5.75 Å². The number of para-hydroxylation sites is 1. The van der Waals surface area contributed by atoms with Gasteiger partial charge in [0, 0.05) is 44.2 Å². The number of nitrogens with one attached hydrogen (secondary N) is 1. The fraction of sp³-hybridized carbons (Fsp3) is 0.472. The molecule has 0 radical (unpaired) electrons. The minimum absolute atomic E-state index is 0.0236. The van der Waals surface area contributed by atoms with E-state index in [1.807, 2.05) is 37.3 Å². The van der Waals surface area contributed by atoms with Gasteiger partial charge in [0.1, 0.15) is 23.1 Å². The molecule has 1 aliphatic heterocycles. The van der Waals surface area contributed by atoms with Gasteiger partial charge in [-0.05, 0) is 51.3 Å². The average Bonchev–Trinajstić information content (AvgIpc) is 3.07. The van der Waals surface area contributed by atoms with Gasteiger partial charge in [-0.15, -0.1) is 0 Å². The highest BCUT2D eigenvalue weighted by Crippen LogP contribution is 2.26. The number of benzene rings is 2. The summed E-state index contributed by atoms with van der Waals surface area (Å²) >= 11 is 0. The third-order valence-corrected chi connectivity index (χ3v) is 7.52. The first-order valence-corrected chi connectivity index (χ1v) is 16.4. The fourth-order valence-corrected chi connectivity index (χ4v) is 5.07. The second-order valence-electron chi connectivity index (χ2n) is 12.5. The van der Waals surface area contributed by atoms with Crippen molar-refractivity contribution in [2.75, 3.05) is 46.0 Å². The predicted molar refractivity (Wildman–Crippen MR) is 179 cm³/mol. The van der Waals surface area contributed by atoms with Gasteiger partial charge >= 0.3 is 12.1 Å². The second-order valence-corrected chi connectivity index (χ2v) is 12.5. The van der Waals surface area contributed by atoms with E-state index in [2.05, 4.69) is 10.3 Å². The number of fused-ring (bicyclic) bond motifs is 1. The number of carbonyl (C=O) groups excluding carboxylic acids is 4. The molecule has 0 aliphatic carbocycles. The van der Waals surface area contributed by atoms with Crippen molar-refractivity contribution in [3.8, 4) is 5.75 Å². The smallest absolute Gasteiger partial charge is 0.409 e. The van der Waals surface area contributed by atoms with Gasteiger partial charge in [-0.2, -0.15) is 0 Å². The van der Waals surface area contributed by atoms with Crippen LogP contribution in [-0.4, -0.2) is 96.3 Å². The SMILES string of the molecule is CCCCOC(=O)N1CCN(C(=O)C(CCOCc2ccccc2)NC(=O)c2cc(OCC(=O)OC(C)(C)C)c3ccccc3n2)CC1. The molecule has 1 saturated heterocycles. The topological polar surface area (TPSA) is 137 Å². The Bertz CT molecular complexity index is 1530. The Morgan fingerprint density at radius 3 is 2.31 bits per heavy atom. The van der Waals surface area contributed by atoms with Crippen molar-refractivity contribution >= 4 is 34.8 Å². The molecule has 12 heteroatoms. The highest BCUT2D eigenvalue weighted by molar-refractivity contribution is 5.99. The molecule has 1 fully saturated rings. The number of unbranched alkanes of at least 4 members (excludes halogenated alkanes) is 1. The average molecular weight is 663 g/mol. The van der Waals surface area contributed by atoms with E-state index >= 15 is 0 Å². The first-order valence-electron chi connectivity index (χ1n) is 16.4. The molecule has 1 aromatic heterocycles. The van der Waals surface area contributed by atoms with E-state index in [0.29, 0.717) is 50.3 Å².